The first-order chi connectivity index (χ1) is 18.1. The zero-order chi connectivity index (χ0) is 27.7. The number of fused-ring (bicyclic) bond motifs is 1. The van der Waals surface area contributed by atoms with E-state index in [1.807, 2.05) is 51.1 Å². The lowest BCUT2D eigenvalue weighted by Gasteiger charge is -2.36. The molecule has 1 unspecified atom stereocenters. The van der Waals surface area contributed by atoms with E-state index in [1.165, 1.54) is 6.07 Å². The first-order valence-electron chi connectivity index (χ1n) is 12.5. The Morgan fingerprint density at radius 2 is 1.92 bits per heavy atom. The Morgan fingerprint density at radius 3 is 2.61 bits per heavy atom. The number of primary amides is 1. The molecular formula is C27H37N3O6S2. The Kier molecular flexibility index (Phi) is 11.0. The Balaban J connectivity index is 1.39. The van der Waals surface area contributed by atoms with Crippen LogP contribution >= 0.6 is 23.1 Å². The van der Waals surface area contributed by atoms with Gasteiger partial charge in [0.1, 0.15) is 17.4 Å². The molecule has 1 heterocycles. The van der Waals surface area contributed by atoms with Crippen LogP contribution in [-0.4, -0.2) is 58.6 Å². The number of hydrogen-bond acceptors (Lipinski definition) is 9. The molecule has 0 saturated heterocycles. The maximum absolute atomic E-state index is 11.7. The van der Waals surface area contributed by atoms with E-state index in [-0.39, 0.29) is 22.1 Å². The number of aromatic amines is 1. The van der Waals surface area contributed by atoms with E-state index < -0.39 is 18.3 Å². The lowest BCUT2D eigenvalue weighted by molar-refractivity contribution is -0.0951. The van der Waals surface area contributed by atoms with Crippen molar-refractivity contribution >= 4 is 39.4 Å². The number of carbonyl (C=O) groups is 1. The molecule has 3 atom stereocenters. The average molecular weight is 564 g/mol. The third-order valence-corrected chi connectivity index (χ3v) is 7.94. The first-order valence-corrected chi connectivity index (χ1v) is 14.5. The van der Waals surface area contributed by atoms with Gasteiger partial charge in [-0.25, -0.2) is 4.79 Å². The van der Waals surface area contributed by atoms with Crippen molar-refractivity contribution in [3.8, 4) is 5.75 Å². The lowest BCUT2D eigenvalue weighted by atomic mass is 9.83. The number of thioether (sulfide) groups is 1. The predicted octanol–water partition coefficient (Wildman–Crippen LogP) is 4.31. The quantitative estimate of drug-likeness (QED) is 0.182. The molecule has 208 valence electrons. The summed E-state index contributed by atoms with van der Waals surface area (Å²) >= 11 is 2.75. The number of benzene rings is 2. The number of phenolic OH excluding ortho intramolecular Hbond substituents is 1. The van der Waals surface area contributed by atoms with Crippen molar-refractivity contribution in [2.75, 3.05) is 31.2 Å². The topological polar surface area (TPSA) is 147 Å². The largest absolute Gasteiger partial charge is 0.506 e. The highest BCUT2D eigenvalue weighted by Gasteiger charge is 2.36. The van der Waals surface area contributed by atoms with Crippen molar-refractivity contribution in [3.63, 3.8) is 0 Å². The van der Waals surface area contributed by atoms with Gasteiger partial charge in [0.25, 0.3) is 0 Å². The zero-order valence-corrected chi connectivity index (χ0v) is 23.6. The zero-order valence-electron chi connectivity index (χ0n) is 21.9. The fourth-order valence-corrected chi connectivity index (χ4v) is 5.87. The highest BCUT2D eigenvalue weighted by atomic mass is 32.2. The van der Waals surface area contributed by atoms with Crippen molar-refractivity contribution in [2.45, 2.75) is 45.5 Å². The molecule has 1 aromatic heterocycles. The molecule has 6 N–H and O–H groups in total. The summed E-state index contributed by atoms with van der Waals surface area (Å²) < 4.78 is 12.3. The SMILES string of the molecule is CC(C)(C)C(OCCCSCCNC[C@H](O)c1ccc(O)c2[nH]c(=O)sc12)[C@@H](OC(N)=O)c1ccccc1. The number of aromatic nitrogens is 1. The number of amides is 1. The fraction of sp³-hybridized carbons (Fsp3) is 0.481. The van der Waals surface area contributed by atoms with Gasteiger partial charge in [-0.2, -0.15) is 11.8 Å². The van der Waals surface area contributed by atoms with Crippen molar-refractivity contribution in [2.24, 2.45) is 11.1 Å². The average Bonchev–Trinajstić information content (AvgIpc) is 3.26. The molecule has 0 spiro atoms. The highest BCUT2D eigenvalue weighted by Crippen LogP contribution is 2.35. The van der Waals surface area contributed by atoms with Crippen molar-refractivity contribution in [1.82, 2.24) is 10.3 Å². The smallest absolute Gasteiger partial charge is 0.405 e. The van der Waals surface area contributed by atoms with Crippen LogP contribution in [0.1, 0.15) is 50.5 Å². The number of aliphatic hydroxyl groups excluding tert-OH is 1. The van der Waals surface area contributed by atoms with Gasteiger partial charge in [-0.1, -0.05) is 68.5 Å². The van der Waals surface area contributed by atoms with E-state index in [4.69, 9.17) is 15.2 Å². The third-order valence-electron chi connectivity index (χ3n) is 5.94. The molecule has 11 heteroatoms. The number of hydrogen-bond donors (Lipinski definition) is 5. The summed E-state index contributed by atoms with van der Waals surface area (Å²) in [6, 6.07) is 12.6. The first kappa shape index (κ1) is 30.0. The predicted molar refractivity (Wildman–Crippen MR) is 153 cm³/mol. The maximum atomic E-state index is 11.7. The van der Waals surface area contributed by atoms with Gasteiger partial charge in [0.15, 0.2) is 6.10 Å². The normalized spacial score (nSPS) is 14.3. The van der Waals surface area contributed by atoms with Crippen LogP contribution in [0, 0.1) is 5.41 Å². The van der Waals surface area contributed by atoms with Crippen LogP contribution in [0.2, 0.25) is 0 Å². The molecular weight excluding hydrogens is 526 g/mol. The molecule has 0 aliphatic rings. The molecule has 0 fully saturated rings. The molecule has 0 bridgehead atoms. The van der Waals surface area contributed by atoms with Gasteiger partial charge in [0.05, 0.1) is 10.8 Å². The van der Waals surface area contributed by atoms with E-state index in [0.29, 0.717) is 35.5 Å². The number of ether oxygens (including phenoxy) is 2. The number of aliphatic hydroxyl groups is 1. The summed E-state index contributed by atoms with van der Waals surface area (Å²) in [5.41, 5.74) is 6.89. The van der Waals surface area contributed by atoms with Crippen LogP contribution in [0.3, 0.4) is 0 Å². The Morgan fingerprint density at radius 1 is 1.18 bits per heavy atom. The highest BCUT2D eigenvalue weighted by molar-refractivity contribution is 7.99. The van der Waals surface area contributed by atoms with E-state index >= 15 is 0 Å². The summed E-state index contributed by atoms with van der Waals surface area (Å²) in [5, 5.41) is 23.7. The summed E-state index contributed by atoms with van der Waals surface area (Å²) in [4.78, 5) is 25.6. The third kappa shape index (κ3) is 8.47. The minimum absolute atomic E-state index is 0.00700. The lowest BCUT2D eigenvalue weighted by Crippen LogP contribution is -2.38. The number of H-pyrrole nitrogens is 1. The molecule has 3 aromatic rings. The Labute approximate surface area is 230 Å². The van der Waals surface area contributed by atoms with Gasteiger partial charge in [-0.3, -0.25) is 4.79 Å². The minimum atomic E-state index is -0.830. The van der Waals surface area contributed by atoms with Crippen LogP contribution in [0.15, 0.2) is 47.3 Å². The molecule has 38 heavy (non-hydrogen) atoms. The number of thiazole rings is 1. The number of aromatic hydroxyl groups is 1. The maximum Gasteiger partial charge on any atom is 0.405 e. The van der Waals surface area contributed by atoms with Gasteiger partial charge in [-0.05, 0) is 29.2 Å². The van der Waals surface area contributed by atoms with E-state index in [2.05, 4.69) is 10.3 Å². The van der Waals surface area contributed by atoms with Gasteiger partial charge >= 0.3 is 11.0 Å². The van der Waals surface area contributed by atoms with Crippen LogP contribution in [-0.2, 0) is 9.47 Å². The minimum Gasteiger partial charge on any atom is -0.506 e. The molecule has 9 nitrogen and oxygen atoms in total. The second-order valence-electron chi connectivity index (χ2n) is 10.0. The van der Waals surface area contributed by atoms with E-state index in [0.717, 1.165) is 34.8 Å². The number of carbonyl (C=O) groups excluding carboxylic acids is 1. The standard InChI is InChI=1S/C27H37N3O6S2/c1-27(2,3)24(22(36-25(28)33)17-8-5-4-6-9-17)35-13-7-14-37-15-12-29-16-20(32)18-10-11-19(31)21-23(18)38-26(34)30-21/h4-6,8-11,20,22,24,29,31-32H,7,12-16H2,1-3H3,(H2,28,33)(H,30,34)/t20-,22-,24?/m0/s1. The van der Waals surface area contributed by atoms with Gasteiger partial charge < -0.3 is 35.7 Å². The summed E-state index contributed by atoms with van der Waals surface area (Å²) in [5.74, 6) is 1.74. The molecule has 0 aliphatic carbocycles. The van der Waals surface area contributed by atoms with Crippen molar-refractivity contribution in [1.29, 1.82) is 0 Å². The Hall–Kier alpha value is -2.57. The van der Waals surface area contributed by atoms with E-state index in [9.17, 15) is 19.8 Å². The Bertz CT molecular complexity index is 1230. The summed E-state index contributed by atoms with van der Waals surface area (Å²) in [7, 11) is 0. The van der Waals surface area contributed by atoms with Gasteiger partial charge in [0.2, 0.25) is 0 Å². The molecule has 1 amide bonds. The van der Waals surface area contributed by atoms with E-state index in [1.54, 1.807) is 17.8 Å². The van der Waals surface area contributed by atoms with Crippen LogP contribution in [0.4, 0.5) is 4.79 Å². The molecule has 0 aliphatic heterocycles. The number of phenols is 1. The van der Waals surface area contributed by atoms with Crippen LogP contribution in [0.5, 0.6) is 5.75 Å². The van der Waals surface area contributed by atoms with Crippen molar-refractivity contribution < 1.29 is 24.5 Å². The number of nitrogens with two attached hydrogens (primary N) is 1. The summed E-state index contributed by atoms with van der Waals surface area (Å²) in [6.45, 7) is 7.71. The number of nitrogens with one attached hydrogen (secondary N) is 2. The van der Waals surface area contributed by atoms with Crippen molar-refractivity contribution in [3.05, 3.63) is 63.3 Å². The van der Waals surface area contributed by atoms with Gasteiger partial charge in [-0.15, -0.1) is 0 Å². The summed E-state index contributed by atoms with van der Waals surface area (Å²) in [6.07, 6.45) is -1.76. The number of rotatable bonds is 14. The molecule has 3 rings (SSSR count). The van der Waals surface area contributed by atoms with Crippen LogP contribution in [0.25, 0.3) is 10.2 Å². The second kappa shape index (κ2) is 14.0. The molecule has 0 saturated carbocycles. The monoisotopic (exact) mass is 563 g/mol. The fourth-order valence-electron chi connectivity index (χ4n) is 4.13. The molecule has 0 radical (unpaired) electrons. The molecule has 2 aromatic carbocycles. The second-order valence-corrected chi connectivity index (χ2v) is 12.2. The van der Waals surface area contributed by atoms with Gasteiger partial charge in [0, 0.05) is 31.0 Å². The van der Waals surface area contributed by atoms with Crippen LogP contribution < -0.4 is 15.9 Å².